The third-order valence-corrected chi connectivity index (χ3v) is 6.01. The van der Waals surface area contributed by atoms with E-state index in [0.717, 1.165) is 22.0 Å². The molecule has 10 heteroatoms. The van der Waals surface area contributed by atoms with Crippen molar-refractivity contribution in [2.24, 2.45) is 0 Å². The van der Waals surface area contributed by atoms with Gasteiger partial charge in [0.15, 0.2) is 0 Å². The van der Waals surface area contributed by atoms with Crippen molar-refractivity contribution < 1.29 is 33.4 Å². The van der Waals surface area contributed by atoms with Crippen LogP contribution < -0.4 is 24.4 Å². The highest BCUT2D eigenvalue weighted by atomic mass is 16.5. The van der Waals surface area contributed by atoms with Gasteiger partial charge in [-0.15, -0.1) is 0 Å². The molecule has 0 bridgehead atoms. The number of esters is 1. The number of anilines is 1. The molecule has 0 radical (unpaired) electrons. The lowest BCUT2D eigenvalue weighted by molar-refractivity contribution is -0.132. The molecular formula is C29H29N3O7. The first kappa shape index (κ1) is 27.2. The van der Waals surface area contributed by atoms with Gasteiger partial charge in [-0.2, -0.15) is 0 Å². The Morgan fingerprint density at radius 3 is 2.23 bits per heavy atom. The van der Waals surface area contributed by atoms with E-state index < -0.39 is 23.8 Å². The van der Waals surface area contributed by atoms with Crippen LogP contribution >= 0.6 is 0 Å². The summed E-state index contributed by atoms with van der Waals surface area (Å²) >= 11 is 0. The zero-order chi connectivity index (χ0) is 28.3. The summed E-state index contributed by atoms with van der Waals surface area (Å²) in [5.74, 6) is -0.823. The van der Waals surface area contributed by atoms with Crippen molar-refractivity contribution in [2.45, 2.75) is 34.6 Å². The minimum absolute atomic E-state index is 0.169. The molecule has 2 heterocycles. The van der Waals surface area contributed by atoms with Crippen molar-refractivity contribution in [3.63, 3.8) is 0 Å². The standard InChI is InChI=1S/C29H29N3O7/c1-6-37-23-12-13-26(38-7-2)25(16-23)32-28(35)24(27(34)30-29(32)36)15-20-14-17(3)31(18(20)4)21-8-10-22(11-9-21)39-19(5)33/h8-16H,6-7H2,1-5H3,(H,30,34,36)/b24-15+. The molecule has 0 aliphatic carbocycles. The number of benzene rings is 2. The number of hydrogen-bond donors (Lipinski definition) is 1. The van der Waals surface area contributed by atoms with Crippen LogP contribution in [0.1, 0.15) is 37.7 Å². The summed E-state index contributed by atoms with van der Waals surface area (Å²) < 4.78 is 18.3. The molecule has 3 aromatic rings. The second-order valence-electron chi connectivity index (χ2n) is 8.70. The number of aryl methyl sites for hydroxylation is 1. The van der Waals surface area contributed by atoms with Crippen molar-refractivity contribution in [2.75, 3.05) is 18.1 Å². The highest BCUT2D eigenvalue weighted by Gasteiger charge is 2.38. The SMILES string of the molecule is CCOc1ccc(OCC)c(N2C(=O)NC(=O)/C(=C\c3cc(C)n(-c4ccc(OC(C)=O)cc4)c3C)C2=O)c1. The zero-order valence-corrected chi connectivity index (χ0v) is 22.4. The van der Waals surface area contributed by atoms with E-state index in [9.17, 15) is 19.2 Å². The quantitative estimate of drug-likeness (QED) is 0.197. The van der Waals surface area contributed by atoms with E-state index in [0.29, 0.717) is 36.0 Å². The van der Waals surface area contributed by atoms with Gasteiger partial charge >= 0.3 is 12.0 Å². The molecule has 1 saturated heterocycles. The summed E-state index contributed by atoms with van der Waals surface area (Å²) in [4.78, 5) is 51.4. The average Bonchev–Trinajstić information content (AvgIpc) is 3.16. The number of imide groups is 2. The molecule has 0 spiro atoms. The second kappa shape index (κ2) is 11.3. The molecule has 39 heavy (non-hydrogen) atoms. The van der Waals surface area contributed by atoms with Gasteiger partial charge < -0.3 is 18.8 Å². The summed E-state index contributed by atoms with van der Waals surface area (Å²) in [7, 11) is 0. The number of carbonyl (C=O) groups excluding carboxylic acids is 4. The lowest BCUT2D eigenvalue weighted by atomic mass is 10.1. The summed E-state index contributed by atoms with van der Waals surface area (Å²) in [6.07, 6.45) is 1.47. The molecule has 1 aliphatic rings. The molecule has 4 rings (SSSR count). The van der Waals surface area contributed by atoms with Crippen LogP contribution in [0, 0.1) is 13.8 Å². The van der Waals surface area contributed by atoms with Gasteiger partial charge in [-0.1, -0.05) is 0 Å². The van der Waals surface area contributed by atoms with E-state index in [4.69, 9.17) is 14.2 Å². The Morgan fingerprint density at radius 1 is 0.923 bits per heavy atom. The number of nitrogens with zero attached hydrogens (tertiary/aromatic N) is 2. The Kier molecular flexibility index (Phi) is 7.85. The van der Waals surface area contributed by atoms with Crippen molar-refractivity contribution in [1.82, 2.24) is 9.88 Å². The van der Waals surface area contributed by atoms with Gasteiger partial charge in [0.1, 0.15) is 22.8 Å². The maximum Gasteiger partial charge on any atom is 0.336 e. The van der Waals surface area contributed by atoms with Gasteiger partial charge in [0, 0.05) is 30.1 Å². The third kappa shape index (κ3) is 5.54. The number of rotatable bonds is 8. The van der Waals surface area contributed by atoms with Crippen LogP contribution in [0.3, 0.4) is 0 Å². The molecule has 0 unspecified atom stereocenters. The molecule has 1 aliphatic heterocycles. The highest BCUT2D eigenvalue weighted by molar-refractivity contribution is 6.39. The molecule has 0 atom stereocenters. The fourth-order valence-corrected chi connectivity index (χ4v) is 4.40. The first-order valence-corrected chi connectivity index (χ1v) is 12.4. The molecule has 1 N–H and O–H groups in total. The monoisotopic (exact) mass is 531 g/mol. The van der Waals surface area contributed by atoms with E-state index >= 15 is 0 Å². The van der Waals surface area contributed by atoms with E-state index in [2.05, 4.69) is 5.32 Å². The first-order chi connectivity index (χ1) is 18.6. The summed E-state index contributed by atoms with van der Waals surface area (Å²) in [5, 5.41) is 2.26. The largest absolute Gasteiger partial charge is 0.494 e. The van der Waals surface area contributed by atoms with Crippen molar-refractivity contribution in [1.29, 1.82) is 0 Å². The van der Waals surface area contributed by atoms with Crippen LogP contribution in [0.15, 0.2) is 54.1 Å². The number of amides is 4. The van der Waals surface area contributed by atoms with Crippen molar-refractivity contribution in [3.05, 3.63) is 71.1 Å². The van der Waals surface area contributed by atoms with Crippen LogP contribution in [0.2, 0.25) is 0 Å². The van der Waals surface area contributed by atoms with E-state index in [1.807, 2.05) is 31.4 Å². The predicted octanol–water partition coefficient (Wildman–Crippen LogP) is 4.48. The minimum atomic E-state index is -0.880. The van der Waals surface area contributed by atoms with Crippen LogP contribution in [0.5, 0.6) is 17.2 Å². The molecule has 202 valence electrons. The fraction of sp³-hybridized carbons (Fsp3) is 0.241. The summed E-state index contributed by atoms with van der Waals surface area (Å²) in [6.45, 7) is 9.37. The van der Waals surface area contributed by atoms with Gasteiger partial charge in [0.2, 0.25) is 0 Å². The number of carbonyl (C=O) groups is 4. The number of ether oxygens (including phenoxy) is 3. The topological polar surface area (TPSA) is 116 Å². The molecule has 10 nitrogen and oxygen atoms in total. The number of barbiturate groups is 1. The maximum atomic E-state index is 13.6. The minimum Gasteiger partial charge on any atom is -0.494 e. The van der Waals surface area contributed by atoms with E-state index in [-0.39, 0.29) is 11.3 Å². The molecule has 4 amide bonds. The smallest absolute Gasteiger partial charge is 0.336 e. The number of aromatic nitrogens is 1. The van der Waals surface area contributed by atoms with Crippen LogP contribution in [-0.2, 0) is 14.4 Å². The van der Waals surface area contributed by atoms with Crippen molar-refractivity contribution >= 4 is 35.6 Å². The number of nitrogens with one attached hydrogen (secondary N) is 1. The second-order valence-corrected chi connectivity index (χ2v) is 8.70. The average molecular weight is 532 g/mol. The van der Waals surface area contributed by atoms with E-state index in [1.54, 1.807) is 43.3 Å². The Hall–Kier alpha value is -4.86. The number of urea groups is 1. The molecule has 0 saturated carbocycles. The number of hydrogen-bond acceptors (Lipinski definition) is 7. The van der Waals surface area contributed by atoms with Gasteiger partial charge in [-0.25, -0.2) is 9.69 Å². The molecular weight excluding hydrogens is 502 g/mol. The fourth-order valence-electron chi connectivity index (χ4n) is 4.40. The molecule has 1 aromatic heterocycles. The van der Waals surface area contributed by atoms with Crippen LogP contribution in [0.25, 0.3) is 11.8 Å². The van der Waals surface area contributed by atoms with Gasteiger partial charge in [-0.3, -0.25) is 19.7 Å². The molecule has 1 fully saturated rings. The maximum absolute atomic E-state index is 13.6. The summed E-state index contributed by atoms with van der Waals surface area (Å²) in [5.41, 5.74) is 3.00. The normalized spacial score (nSPS) is 14.4. The van der Waals surface area contributed by atoms with E-state index in [1.165, 1.54) is 19.1 Å². The third-order valence-electron chi connectivity index (χ3n) is 6.01. The van der Waals surface area contributed by atoms with Gasteiger partial charge in [0.25, 0.3) is 11.8 Å². The summed E-state index contributed by atoms with van der Waals surface area (Å²) in [6, 6.07) is 12.8. The predicted molar refractivity (Wildman–Crippen MR) is 144 cm³/mol. The van der Waals surface area contributed by atoms with Crippen LogP contribution in [-0.4, -0.2) is 41.6 Å². The first-order valence-electron chi connectivity index (χ1n) is 12.4. The lowest BCUT2D eigenvalue weighted by Gasteiger charge is -2.28. The van der Waals surface area contributed by atoms with Crippen molar-refractivity contribution in [3.8, 4) is 22.9 Å². The Bertz CT molecular complexity index is 1490. The zero-order valence-electron chi connectivity index (χ0n) is 22.4. The van der Waals surface area contributed by atoms with Gasteiger partial charge in [-0.05, 0) is 81.8 Å². The Labute approximate surface area is 225 Å². The van der Waals surface area contributed by atoms with Gasteiger partial charge in [0.05, 0.1) is 18.9 Å². The highest BCUT2D eigenvalue weighted by Crippen LogP contribution is 2.35. The van der Waals surface area contributed by atoms with Crippen LogP contribution in [0.4, 0.5) is 10.5 Å². The Morgan fingerprint density at radius 2 is 1.59 bits per heavy atom. The lowest BCUT2D eigenvalue weighted by Crippen LogP contribution is -2.54. The molecule has 2 aromatic carbocycles. The Balaban J connectivity index is 1.73.